The van der Waals surface area contributed by atoms with Crippen LogP contribution in [0, 0.1) is 0 Å². The van der Waals surface area contributed by atoms with Gasteiger partial charge in [-0.25, -0.2) is 4.68 Å². The molecule has 0 bridgehead atoms. The molecule has 9 heteroatoms. The molecule has 0 aliphatic heterocycles. The molecule has 1 aromatic carbocycles. The number of benzene rings is 1. The first-order valence-corrected chi connectivity index (χ1v) is 10.0. The van der Waals surface area contributed by atoms with Crippen molar-refractivity contribution in [2.45, 2.75) is 12.6 Å². The number of nitrogens with one attached hydrogen (secondary N) is 1. The van der Waals surface area contributed by atoms with E-state index in [9.17, 15) is 9.59 Å². The second kappa shape index (κ2) is 9.94. The van der Waals surface area contributed by atoms with Crippen molar-refractivity contribution in [2.24, 2.45) is 0 Å². The minimum atomic E-state index is -0.757. The molecular formula is C20H23N5O3S. The molecular weight excluding hydrogens is 390 g/mol. The molecule has 152 valence electrons. The largest absolute Gasteiger partial charge is 0.383 e. The molecule has 0 unspecified atom stereocenters. The third kappa shape index (κ3) is 4.87. The highest BCUT2D eigenvalue weighted by atomic mass is 32.1. The number of aromatic nitrogens is 3. The van der Waals surface area contributed by atoms with Gasteiger partial charge in [-0.3, -0.25) is 9.59 Å². The standard InChI is InChI=1S/C20H23N5O3S/c1-3-11-24(18(26)14-25-16-8-5-4-7-15(16)22-23-25)19(17-9-6-13-29-17)20(27)21-10-12-28-2/h3-9,13,19H,1,10-12,14H2,2H3,(H,21,27)/t19-/m0/s1. The lowest BCUT2D eigenvalue weighted by molar-refractivity contribution is -0.140. The fourth-order valence-corrected chi connectivity index (χ4v) is 3.82. The van der Waals surface area contributed by atoms with Gasteiger partial charge in [-0.15, -0.1) is 23.0 Å². The summed E-state index contributed by atoms with van der Waals surface area (Å²) in [4.78, 5) is 28.4. The summed E-state index contributed by atoms with van der Waals surface area (Å²) in [5.41, 5.74) is 1.47. The summed E-state index contributed by atoms with van der Waals surface area (Å²) in [5.74, 6) is -0.510. The summed E-state index contributed by atoms with van der Waals surface area (Å²) in [6.45, 7) is 4.71. The Balaban J connectivity index is 1.86. The van der Waals surface area contributed by atoms with E-state index in [-0.39, 0.29) is 24.9 Å². The van der Waals surface area contributed by atoms with Crippen LogP contribution in [-0.4, -0.2) is 58.5 Å². The number of fused-ring (bicyclic) bond motifs is 1. The van der Waals surface area contributed by atoms with Crippen molar-refractivity contribution in [3.05, 3.63) is 59.3 Å². The number of para-hydroxylation sites is 1. The summed E-state index contributed by atoms with van der Waals surface area (Å²) in [6.07, 6.45) is 1.61. The average Bonchev–Trinajstić information content (AvgIpc) is 3.38. The van der Waals surface area contributed by atoms with Gasteiger partial charge >= 0.3 is 0 Å². The molecule has 29 heavy (non-hydrogen) atoms. The second-order valence-corrected chi connectivity index (χ2v) is 7.25. The first-order valence-electron chi connectivity index (χ1n) is 9.14. The van der Waals surface area contributed by atoms with E-state index in [4.69, 9.17) is 4.74 Å². The molecule has 1 N–H and O–H groups in total. The van der Waals surface area contributed by atoms with Crippen molar-refractivity contribution >= 4 is 34.2 Å². The molecule has 2 aromatic heterocycles. The van der Waals surface area contributed by atoms with E-state index in [2.05, 4.69) is 22.2 Å². The number of amides is 2. The molecule has 8 nitrogen and oxygen atoms in total. The molecule has 0 aliphatic rings. The number of ether oxygens (including phenoxy) is 1. The highest BCUT2D eigenvalue weighted by Gasteiger charge is 2.31. The van der Waals surface area contributed by atoms with Crippen LogP contribution in [0.15, 0.2) is 54.4 Å². The van der Waals surface area contributed by atoms with Gasteiger partial charge in [0, 0.05) is 25.1 Å². The Morgan fingerprint density at radius 1 is 1.34 bits per heavy atom. The van der Waals surface area contributed by atoms with Crippen LogP contribution >= 0.6 is 11.3 Å². The maximum absolute atomic E-state index is 13.2. The van der Waals surface area contributed by atoms with E-state index in [0.29, 0.717) is 18.7 Å². The quantitative estimate of drug-likeness (QED) is 0.406. The van der Waals surface area contributed by atoms with Gasteiger partial charge in [0.1, 0.15) is 18.1 Å². The zero-order valence-corrected chi connectivity index (χ0v) is 17.0. The molecule has 0 radical (unpaired) electrons. The molecule has 3 rings (SSSR count). The zero-order valence-electron chi connectivity index (χ0n) is 16.2. The minimum absolute atomic E-state index is 0.0262. The Morgan fingerprint density at radius 2 is 2.17 bits per heavy atom. The molecule has 0 fully saturated rings. The number of carbonyl (C=O) groups is 2. The van der Waals surface area contributed by atoms with Crippen LogP contribution in [0.4, 0.5) is 0 Å². The lowest BCUT2D eigenvalue weighted by Gasteiger charge is -2.29. The van der Waals surface area contributed by atoms with E-state index in [0.717, 1.165) is 10.4 Å². The highest BCUT2D eigenvalue weighted by Crippen LogP contribution is 2.26. The topological polar surface area (TPSA) is 89.4 Å². The molecule has 2 amide bonds. The first-order chi connectivity index (χ1) is 14.2. The van der Waals surface area contributed by atoms with Gasteiger partial charge in [0.2, 0.25) is 11.8 Å². The van der Waals surface area contributed by atoms with Gasteiger partial charge in [-0.2, -0.15) is 0 Å². The number of methoxy groups -OCH3 is 1. The Kier molecular flexibility index (Phi) is 7.09. The summed E-state index contributed by atoms with van der Waals surface area (Å²) >= 11 is 1.43. The average molecular weight is 414 g/mol. The number of hydrogen-bond donors (Lipinski definition) is 1. The number of thiophene rings is 1. The van der Waals surface area contributed by atoms with E-state index in [1.165, 1.54) is 16.2 Å². The Morgan fingerprint density at radius 3 is 2.90 bits per heavy atom. The van der Waals surface area contributed by atoms with E-state index in [1.807, 2.05) is 41.8 Å². The van der Waals surface area contributed by atoms with E-state index in [1.54, 1.807) is 17.9 Å². The van der Waals surface area contributed by atoms with Crippen molar-refractivity contribution in [1.82, 2.24) is 25.2 Å². The van der Waals surface area contributed by atoms with Gasteiger partial charge in [0.25, 0.3) is 0 Å². The van der Waals surface area contributed by atoms with Crippen LogP contribution in [0.25, 0.3) is 11.0 Å². The number of nitrogens with zero attached hydrogens (tertiary/aromatic N) is 4. The van der Waals surface area contributed by atoms with Crippen molar-refractivity contribution < 1.29 is 14.3 Å². The van der Waals surface area contributed by atoms with Crippen LogP contribution in [0.2, 0.25) is 0 Å². The van der Waals surface area contributed by atoms with Crippen molar-refractivity contribution in [1.29, 1.82) is 0 Å². The fourth-order valence-electron chi connectivity index (χ4n) is 2.99. The zero-order chi connectivity index (χ0) is 20.6. The van der Waals surface area contributed by atoms with Crippen LogP contribution in [0.1, 0.15) is 10.9 Å². The van der Waals surface area contributed by atoms with Crippen LogP contribution in [-0.2, 0) is 20.9 Å². The van der Waals surface area contributed by atoms with Gasteiger partial charge in [0.15, 0.2) is 0 Å². The van der Waals surface area contributed by atoms with Gasteiger partial charge in [-0.1, -0.05) is 29.5 Å². The van der Waals surface area contributed by atoms with Gasteiger partial charge in [-0.05, 0) is 23.6 Å². The van der Waals surface area contributed by atoms with E-state index >= 15 is 0 Å². The molecule has 1 atom stereocenters. The van der Waals surface area contributed by atoms with Crippen molar-refractivity contribution in [3.8, 4) is 0 Å². The number of hydrogen-bond acceptors (Lipinski definition) is 6. The Hall–Kier alpha value is -3.04. The third-order valence-corrected chi connectivity index (χ3v) is 5.25. The second-order valence-electron chi connectivity index (χ2n) is 6.27. The van der Waals surface area contributed by atoms with Crippen molar-refractivity contribution in [2.75, 3.05) is 26.8 Å². The van der Waals surface area contributed by atoms with Crippen molar-refractivity contribution in [3.63, 3.8) is 0 Å². The molecule has 3 aromatic rings. The monoisotopic (exact) mass is 413 g/mol. The Bertz CT molecular complexity index is 970. The number of carbonyl (C=O) groups excluding carboxylic acids is 2. The maximum atomic E-state index is 13.2. The van der Waals surface area contributed by atoms with Crippen LogP contribution < -0.4 is 5.32 Å². The predicted molar refractivity (Wildman–Crippen MR) is 111 cm³/mol. The maximum Gasteiger partial charge on any atom is 0.248 e. The molecule has 0 aliphatic carbocycles. The van der Waals surface area contributed by atoms with Gasteiger partial charge in [0.05, 0.1) is 12.1 Å². The summed E-state index contributed by atoms with van der Waals surface area (Å²) in [5, 5.41) is 12.9. The molecule has 0 saturated heterocycles. The summed E-state index contributed by atoms with van der Waals surface area (Å²) in [6, 6.07) is 10.4. The number of rotatable bonds is 10. The highest BCUT2D eigenvalue weighted by molar-refractivity contribution is 7.10. The Labute approximate surface area is 172 Å². The minimum Gasteiger partial charge on any atom is -0.383 e. The van der Waals surface area contributed by atoms with Crippen LogP contribution in [0.5, 0.6) is 0 Å². The smallest absolute Gasteiger partial charge is 0.248 e. The lowest BCUT2D eigenvalue weighted by Crippen LogP contribution is -2.45. The SMILES string of the molecule is C=CCN(C(=O)Cn1nnc2ccccc21)[C@H](C(=O)NCCOC)c1cccs1. The fraction of sp³-hybridized carbons (Fsp3) is 0.300. The third-order valence-electron chi connectivity index (χ3n) is 4.33. The first kappa shape index (κ1) is 20.7. The summed E-state index contributed by atoms with van der Waals surface area (Å²) in [7, 11) is 1.57. The molecule has 0 spiro atoms. The predicted octanol–water partition coefficient (Wildman–Crippen LogP) is 2.01. The van der Waals surface area contributed by atoms with E-state index < -0.39 is 6.04 Å². The van der Waals surface area contributed by atoms with Gasteiger partial charge < -0.3 is 15.0 Å². The normalized spacial score (nSPS) is 11.9. The lowest BCUT2D eigenvalue weighted by atomic mass is 10.1. The molecule has 0 saturated carbocycles. The van der Waals surface area contributed by atoms with Crippen LogP contribution in [0.3, 0.4) is 0 Å². The molecule has 2 heterocycles. The summed E-state index contributed by atoms with van der Waals surface area (Å²) < 4.78 is 6.55.